The molecule has 1 aromatic carbocycles. The van der Waals surface area contributed by atoms with Gasteiger partial charge in [-0.3, -0.25) is 0 Å². The van der Waals surface area contributed by atoms with Crippen LogP contribution in [0.5, 0.6) is 0 Å². The number of nitrogens with one attached hydrogen (secondary N) is 1. The van der Waals surface area contributed by atoms with Gasteiger partial charge in [-0.25, -0.2) is 0 Å². The standard InChI is InChI=1S/C13H18N/c1-2-4-12(5-3-1)6-7-13-8-10-14-11-9-13/h1-2,4-5,13-14H,6-11H2. The lowest BCUT2D eigenvalue weighted by Crippen LogP contribution is -2.27. The van der Waals surface area contributed by atoms with Crippen LogP contribution >= 0.6 is 0 Å². The Morgan fingerprint density at radius 3 is 2.93 bits per heavy atom. The summed E-state index contributed by atoms with van der Waals surface area (Å²) < 4.78 is 0. The zero-order valence-electron chi connectivity index (χ0n) is 8.63. The van der Waals surface area contributed by atoms with Gasteiger partial charge in [-0.1, -0.05) is 24.3 Å². The van der Waals surface area contributed by atoms with Crippen molar-refractivity contribution in [3.8, 4) is 0 Å². The molecule has 1 heteroatoms. The number of benzene rings is 1. The molecule has 1 nitrogen and oxygen atoms in total. The van der Waals surface area contributed by atoms with Gasteiger partial charge in [-0.2, -0.15) is 0 Å². The van der Waals surface area contributed by atoms with Crippen LogP contribution in [-0.4, -0.2) is 13.1 Å². The summed E-state index contributed by atoms with van der Waals surface area (Å²) in [5, 5.41) is 3.41. The molecule has 0 aliphatic carbocycles. The maximum absolute atomic E-state index is 3.41. The van der Waals surface area contributed by atoms with E-state index in [1.165, 1.54) is 44.3 Å². The Labute approximate surface area is 86.5 Å². The predicted molar refractivity (Wildman–Crippen MR) is 59.2 cm³/mol. The Kier molecular flexibility index (Phi) is 3.58. The van der Waals surface area contributed by atoms with Crippen LogP contribution < -0.4 is 5.32 Å². The molecule has 1 N–H and O–H groups in total. The fourth-order valence-corrected chi connectivity index (χ4v) is 2.13. The van der Waals surface area contributed by atoms with Gasteiger partial charge in [0.2, 0.25) is 0 Å². The predicted octanol–water partition coefficient (Wildman–Crippen LogP) is 2.42. The summed E-state index contributed by atoms with van der Waals surface area (Å²) in [5.74, 6) is 0.941. The molecule has 14 heavy (non-hydrogen) atoms. The minimum absolute atomic E-state index is 0.941. The molecule has 1 fully saturated rings. The van der Waals surface area contributed by atoms with E-state index in [-0.39, 0.29) is 0 Å². The van der Waals surface area contributed by atoms with Crippen LogP contribution in [0.1, 0.15) is 24.8 Å². The lowest BCUT2D eigenvalue weighted by atomic mass is 9.91. The first-order valence-corrected chi connectivity index (χ1v) is 5.61. The summed E-state index contributed by atoms with van der Waals surface area (Å²) in [6.45, 7) is 2.43. The van der Waals surface area contributed by atoms with Crippen LogP contribution in [0.25, 0.3) is 0 Å². The molecular formula is C13H18N. The van der Waals surface area contributed by atoms with Crippen molar-refractivity contribution in [3.63, 3.8) is 0 Å². The normalized spacial score (nSPS) is 18.3. The molecule has 1 heterocycles. The molecule has 1 aliphatic heterocycles. The third-order valence-corrected chi connectivity index (χ3v) is 3.07. The van der Waals surface area contributed by atoms with Gasteiger partial charge in [0.15, 0.2) is 0 Å². The van der Waals surface area contributed by atoms with Gasteiger partial charge in [0.1, 0.15) is 0 Å². The number of rotatable bonds is 3. The van der Waals surface area contributed by atoms with E-state index in [1.54, 1.807) is 0 Å². The van der Waals surface area contributed by atoms with Gasteiger partial charge in [0.05, 0.1) is 0 Å². The smallest absolute Gasteiger partial charge is 0.00463 e. The number of hydrogen-bond donors (Lipinski definition) is 1. The summed E-state index contributed by atoms with van der Waals surface area (Å²) >= 11 is 0. The van der Waals surface area contributed by atoms with E-state index < -0.39 is 0 Å². The maximum atomic E-state index is 3.41. The van der Waals surface area contributed by atoms with Crippen molar-refractivity contribution < 1.29 is 0 Å². The number of hydrogen-bond acceptors (Lipinski definition) is 1. The van der Waals surface area contributed by atoms with E-state index in [1.807, 2.05) is 6.07 Å². The molecule has 0 unspecified atom stereocenters. The second kappa shape index (κ2) is 5.16. The summed E-state index contributed by atoms with van der Waals surface area (Å²) in [6, 6.07) is 11.5. The van der Waals surface area contributed by atoms with Crippen molar-refractivity contribution in [2.75, 3.05) is 13.1 Å². The average Bonchev–Trinajstić information content (AvgIpc) is 2.29. The molecule has 0 amide bonds. The van der Waals surface area contributed by atoms with E-state index in [4.69, 9.17) is 0 Å². The highest BCUT2D eigenvalue weighted by molar-refractivity contribution is 5.13. The Morgan fingerprint density at radius 1 is 1.36 bits per heavy atom. The van der Waals surface area contributed by atoms with Crippen molar-refractivity contribution in [1.29, 1.82) is 0 Å². The van der Waals surface area contributed by atoms with Crippen LogP contribution in [0.3, 0.4) is 0 Å². The molecule has 0 bridgehead atoms. The SMILES string of the molecule is [c]1cccc(CCC2CCNCC2)c1. The van der Waals surface area contributed by atoms with Crippen molar-refractivity contribution in [2.24, 2.45) is 5.92 Å². The van der Waals surface area contributed by atoms with E-state index in [9.17, 15) is 0 Å². The third kappa shape index (κ3) is 2.85. The first-order chi connectivity index (χ1) is 6.95. The van der Waals surface area contributed by atoms with Gasteiger partial charge in [-0.15, -0.1) is 0 Å². The fourth-order valence-electron chi connectivity index (χ4n) is 2.13. The molecule has 1 radical (unpaired) electrons. The van der Waals surface area contributed by atoms with Crippen LogP contribution in [-0.2, 0) is 6.42 Å². The van der Waals surface area contributed by atoms with E-state index in [0.29, 0.717) is 0 Å². The van der Waals surface area contributed by atoms with Crippen LogP contribution in [0.2, 0.25) is 0 Å². The van der Waals surface area contributed by atoms with Gasteiger partial charge in [0.25, 0.3) is 0 Å². The summed E-state index contributed by atoms with van der Waals surface area (Å²) in [4.78, 5) is 0. The second-order valence-electron chi connectivity index (χ2n) is 4.14. The van der Waals surface area contributed by atoms with Crippen molar-refractivity contribution in [3.05, 3.63) is 35.9 Å². The lowest BCUT2D eigenvalue weighted by molar-refractivity contribution is 0.354. The Hall–Kier alpha value is -0.820. The highest BCUT2D eigenvalue weighted by atomic mass is 14.9. The average molecular weight is 188 g/mol. The molecule has 0 saturated carbocycles. The van der Waals surface area contributed by atoms with Crippen molar-refractivity contribution in [2.45, 2.75) is 25.7 Å². The molecule has 0 spiro atoms. The molecule has 1 saturated heterocycles. The maximum Gasteiger partial charge on any atom is -0.00463 e. The monoisotopic (exact) mass is 188 g/mol. The summed E-state index contributed by atoms with van der Waals surface area (Å²) in [7, 11) is 0. The summed E-state index contributed by atoms with van der Waals surface area (Å²) in [5.41, 5.74) is 1.44. The molecule has 1 aliphatic rings. The molecule has 2 rings (SSSR count). The van der Waals surface area contributed by atoms with Gasteiger partial charge in [-0.05, 0) is 56.3 Å². The first-order valence-electron chi connectivity index (χ1n) is 5.61. The largest absolute Gasteiger partial charge is 0.317 e. The Bertz CT molecular complexity index is 249. The molecular weight excluding hydrogens is 170 g/mol. The van der Waals surface area contributed by atoms with Crippen LogP contribution in [0.4, 0.5) is 0 Å². The zero-order chi connectivity index (χ0) is 9.64. The molecule has 75 valence electrons. The summed E-state index contributed by atoms with van der Waals surface area (Å²) in [6.07, 6.45) is 5.29. The minimum atomic E-state index is 0.941. The second-order valence-corrected chi connectivity index (χ2v) is 4.14. The number of piperidine rings is 1. The van der Waals surface area contributed by atoms with Crippen LogP contribution in [0, 0.1) is 12.0 Å². The Balaban J connectivity index is 1.76. The van der Waals surface area contributed by atoms with Crippen LogP contribution in [0.15, 0.2) is 24.3 Å². The van der Waals surface area contributed by atoms with E-state index in [0.717, 1.165) is 5.92 Å². The lowest BCUT2D eigenvalue weighted by Gasteiger charge is -2.22. The van der Waals surface area contributed by atoms with Crippen molar-refractivity contribution in [1.82, 2.24) is 5.32 Å². The van der Waals surface area contributed by atoms with Crippen molar-refractivity contribution >= 4 is 0 Å². The van der Waals surface area contributed by atoms with Gasteiger partial charge in [0, 0.05) is 0 Å². The van der Waals surface area contributed by atoms with E-state index >= 15 is 0 Å². The van der Waals surface area contributed by atoms with Gasteiger partial charge < -0.3 is 5.32 Å². The third-order valence-electron chi connectivity index (χ3n) is 3.07. The highest BCUT2D eigenvalue weighted by Gasteiger charge is 2.12. The highest BCUT2D eigenvalue weighted by Crippen LogP contribution is 2.18. The molecule has 0 aromatic heterocycles. The van der Waals surface area contributed by atoms with E-state index in [2.05, 4.69) is 29.6 Å². The first kappa shape index (κ1) is 9.72. The fraction of sp³-hybridized carbons (Fsp3) is 0.538. The quantitative estimate of drug-likeness (QED) is 0.768. The topological polar surface area (TPSA) is 12.0 Å². The Morgan fingerprint density at radius 2 is 2.21 bits per heavy atom. The minimum Gasteiger partial charge on any atom is -0.317 e. The van der Waals surface area contributed by atoms with Gasteiger partial charge >= 0.3 is 0 Å². The molecule has 0 atom stereocenters. The zero-order valence-corrected chi connectivity index (χ0v) is 8.63. The number of aryl methyl sites for hydroxylation is 1. The molecule has 1 aromatic rings.